The van der Waals surface area contributed by atoms with E-state index >= 15 is 0 Å². The van der Waals surface area contributed by atoms with Crippen molar-refractivity contribution in [3.63, 3.8) is 0 Å². The minimum atomic E-state index is -4.85. The molecule has 9 heteroatoms. The molecule has 3 nitrogen and oxygen atoms in total. The summed E-state index contributed by atoms with van der Waals surface area (Å²) < 4.78 is 80.6. The predicted octanol–water partition coefficient (Wildman–Crippen LogP) is 6.75. The second-order valence-corrected chi connectivity index (χ2v) is 11.9. The van der Waals surface area contributed by atoms with E-state index in [1.54, 1.807) is 6.08 Å². The average molecular weight is 528 g/mol. The first-order chi connectivity index (χ1) is 17.1. The van der Waals surface area contributed by atoms with Crippen LogP contribution in [0.5, 0.6) is 0 Å². The van der Waals surface area contributed by atoms with Gasteiger partial charge in [-0.25, -0.2) is 0 Å². The lowest BCUT2D eigenvalue weighted by molar-refractivity contribution is -0.142. The highest BCUT2D eigenvalue weighted by molar-refractivity contribution is 5.89. The standard InChI is InChI=1S/C28H31F6NO2/c1-25-11-9-20-17(4-8-23-26(20,2)12-10-24(37)35-23)19(25)6-7-21(25)22(36)14-15-13-16(27(29,30)31)3-5-18(15)28(32,33)34/h3,5,10,12-13,17,19-21,23H,4,6-9,11,14H2,1-2H3,(H,35,37)/t17-,19-,20-,21?,23+,25-,26+/m0/s1. The summed E-state index contributed by atoms with van der Waals surface area (Å²) in [6.45, 7) is 4.23. The minimum Gasteiger partial charge on any atom is -0.349 e. The molecule has 1 N–H and O–H groups in total. The Labute approximate surface area is 212 Å². The highest BCUT2D eigenvalue weighted by Gasteiger charge is 2.60. The lowest BCUT2D eigenvalue weighted by Crippen LogP contribution is -2.59. The first-order valence-electron chi connectivity index (χ1n) is 12.9. The third-order valence-electron chi connectivity index (χ3n) is 10.2. The number of hydrogen-bond acceptors (Lipinski definition) is 2. The molecule has 0 spiro atoms. The van der Waals surface area contributed by atoms with Crippen molar-refractivity contribution in [2.75, 3.05) is 0 Å². The number of amides is 1. The molecule has 0 aromatic heterocycles. The van der Waals surface area contributed by atoms with Crippen molar-refractivity contribution in [1.82, 2.24) is 5.32 Å². The highest BCUT2D eigenvalue weighted by Crippen LogP contribution is 2.65. The number of rotatable bonds is 3. The summed E-state index contributed by atoms with van der Waals surface area (Å²) in [4.78, 5) is 25.4. The van der Waals surface area contributed by atoms with Crippen LogP contribution in [-0.2, 0) is 28.4 Å². The van der Waals surface area contributed by atoms with Gasteiger partial charge in [0, 0.05) is 23.8 Å². The van der Waals surface area contributed by atoms with Crippen LogP contribution in [0.1, 0.15) is 69.1 Å². The molecule has 3 fully saturated rings. The maximum absolute atomic E-state index is 13.6. The number of carbonyl (C=O) groups excluding carboxylic acids is 2. The maximum atomic E-state index is 13.6. The van der Waals surface area contributed by atoms with E-state index in [1.807, 2.05) is 13.0 Å². The second-order valence-electron chi connectivity index (χ2n) is 11.9. The first kappa shape index (κ1) is 26.3. The van der Waals surface area contributed by atoms with Crippen molar-refractivity contribution < 1.29 is 35.9 Å². The fraction of sp³-hybridized carbons (Fsp3) is 0.643. The summed E-state index contributed by atoms with van der Waals surface area (Å²) in [5.41, 5.74) is -3.56. The van der Waals surface area contributed by atoms with Gasteiger partial charge in [0.05, 0.1) is 11.1 Å². The molecule has 1 heterocycles. The number of Topliss-reactive ketones (excluding diaryl/α,β-unsaturated/α-hetero) is 1. The lowest BCUT2D eigenvalue weighted by Gasteiger charge is -2.58. The molecular formula is C28H31F6NO2. The third-order valence-corrected chi connectivity index (χ3v) is 10.2. The number of benzene rings is 1. The molecule has 1 aromatic rings. The van der Waals surface area contributed by atoms with Gasteiger partial charge < -0.3 is 5.32 Å². The Hall–Kier alpha value is -2.32. The Morgan fingerprint density at radius 3 is 2.38 bits per heavy atom. The van der Waals surface area contributed by atoms with Crippen LogP contribution in [0.15, 0.2) is 30.4 Å². The molecule has 1 unspecified atom stereocenters. The zero-order valence-electron chi connectivity index (χ0n) is 20.8. The van der Waals surface area contributed by atoms with Crippen molar-refractivity contribution >= 4 is 11.7 Å². The topological polar surface area (TPSA) is 46.2 Å². The molecule has 1 aromatic carbocycles. The molecule has 3 saturated carbocycles. The number of fused-ring (bicyclic) bond motifs is 5. The van der Waals surface area contributed by atoms with E-state index in [1.165, 1.54) is 0 Å². The van der Waals surface area contributed by atoms with Crippen LogP contribution in [0.2, 0.25) is 0 Å². The van der Waals surface area contributed by atoms with Gasteiger partial charge in [0.25, 0.3) is 0 Å². The summed E-state index contributed by atoms with van der Waals surface area (Å²) in [6, 6.07) is 1.41. The first-order valence-corrected chi connectivity index (χ1v) is 12.9. The number of ketones is 1. The summed E-state index contributed by atoms with van der Waals surface area (Å²) in [6.07, 6.45) is -2.06. The molecule has 7 atom stereocenters. The molecule has 37 heavy (non-hydrogen) atoms. The lowest BCUT2D eigenvalue weighted by atomic mass is 9.47. The number of nitrogens with one attached hydrogen (secondary N) is 1. The Balaban J connectivity index is 1.40. The van der Waals surface area contributed by atoms with Crippen molar-refractivity contribution in [1.29, 1.82) is 0 Å². The van der Waals surface area contributed by atoms with Gasteiger partial charge in [0.2, 0.25) is 5.91 Å². The van der Waals surface area contributed by atoms with Crippen LogP contribution >= 0.6 is 0 Å². The Kier molecular flexibility index (Phi) is 6.11. The molecule has 1 aliphatic heterocycles. The van der Waals surface area contributed by atoms with E-state index in [0.717, 1.165) is 32.1 Å². The number of carbonyl (C=O) groups is 2. The number of halogens is 6. The molecular weight excluding hydrogens is 496 g/mol. The van der Waals surface area contributed by atoms with E-state index in [-0.39, 0.29) is 23.3 Å². The molecule has 3 aliphatic carbocycles. The van der Waals surface area contributed by atoms with Crippen molar-refractivity contribution in [2.45, 2.75) is 77.2 Å². The monoisotopic (exact) mass is 527 g/mol. The van der Waals surface area contributed by atoms with E-state index in [2.05, 4.69) is 12.2 Å². The highest BCUT2D eigenvalue weighted by atomic mass is 19.4. The zero-order chi connectivity index (χ0) is 27.0. The van der Waals surface area contributed by atoms with Gasteiger partial charge in [0.15, 0.2) is 0 Å². The van der Waals surface area contributed by atoms with E-state index in [0.29, 0.717) is 36.5 Å². The molecule has 1 amide bonds. The summed E-state index contributed by atoms with van der Waals surface area (Å²) in [5, 5.41) is 3.10. The summed E-state index contributed by atoms with van der Waals surface area (Å²) in [5.74, 6) is -0.0974. The molecule has 0 saturated heterocycles. The van der Waals surface area contributed by atoms with E-state index in [9.17, 15) is 35.9 Å². The Bertz CT molecular complexity index is 1140. The van der Waals surface area contributed by atoms with E-state index in [4.69, 9.17) is 0 Å². The second kappa shape index (κ2) is 8.60. The number of hydrogen-bond donors (Lipinski definition) is 1. The molecule has 5 rings (SSSR count). The molecule has 0 bridgehead atoms. The summed E-state index contributed by atoms with van der Waals surface area (Å²) >= 11 is 0. The van der Waals surface area contributed by atoms with Crippen LogP contribution < -0.4 is 5.32 Å². The van der Waals surface area contributed by atoms with Gasteiger partial charge in [0.1, 0.15) is 5.78 Å². The smallest absolute Gasteiger partial charge is 0.349 e. The SMILES string of the molecule is C[C@]12C=CC(=O)N[C@@H]1CC[C@@H]1[C@@H]2CC[C@]2(C)C(C(=O)Cc3cc(C(F)(F)F)ccc3C(F)(F)F)CC[C@@H]12. The van der Waals surface area contributed by atoms with Gasteiger partial charge in [-0.3, -0.25) is 9.59 Å². The van der Waals surface area contributed by atoms with Crippen LogP contribution in [0.4, 0.5) is 26.3 Å². The molecule has 0 radical (unpaired) electrons. The largest absolute Gasteiger partial charge is 0.416 e. The van der Waals surface area contributed by atoms with Crippen molar-refractivity contribution in [2.24, 2.45) is 34.5 Å². The molecule has 4 aliphatic rings. The van der Waals surface area contributed by atoms with Crippen LogP contribution in [0.3, 0.4) is 0 Å². The zero-order valence-corrected chi connectivity index (χ0v) is 20.8. The molecule has 202 valence electrons. The van der Waals surface area contributed by atoms with Gasteiger partial charge in [-0.2, -0.15) is 26.3 Å². The minimum absolute atomic E-state index is 0.0659. The van der Waals surface area contributed by atoms with Gasteiger partial charge >= 0.3 is 12.4 Å². The maximum Gasteiger partial charge on any atom is 0.416 e. The third kappa shape index (κ3) is 4.30. The van der Waals surface area contributed by atoms with Gasteiger partial charge in [-0.05, 0) is 91.5 Å². The van der Waals surface area contributed by atoms with Crippen molar-refractivity contribution in [3.05, 3.63) is 47.0 Å². The number of alkyl halides is 6. The Morgan fingerprint density at radius 2 is 1.70 bits per heavy atom. The van der Waals surface area contributed by atoms with Crippen molar-refractivity contribution in [3.8, 4) is 0 Å². The summed E-state index contributed by atoms with van der Waals surface area (Å²) in [7, 11) is 0. The van der Waals surface area contributed by atoms with Crippen LogP contribution in [0, 0.1) is 34.5 Å². The fourth-order valence-corrected chi connectivity index (χ4v) is 8.37. The van der Waals surface area contributed by atoms with Gasteiger partial charge in [-0.1, -0.05) is 19.9 Å². The fourth-order valence-electron chi connectivity index (χ4n) is 8.37. The van der Waals surface area contributed by atoms with Crippen LogP contribution in [0.25, 0.3) is 0 Å². The Morgan fingerprint density at radius 1 is 0.973 bits per heavy atom. The predicted molar refractivity (Wildman–Crippen MR) is 124 cm³/mol. The van der Waals surface area contributed by atoms with Gasteiger partial charge in [-0.15, -0.1) is 0 Å². The average Bonchev–Trinajstić information content (AvgIpc) is 3.15. The quantitative estimate of drug-likeness (QED) is 0.442. The normalized spacial score (nSPS) is 37.4. The van der Waals surface area contributed by atoms with E-state index < -0.39 is 52.6 Å². The van der Waals surface area contributed by atoms with Crippen LogP contribution in [-0.4, -0.2) is 17.7 Å².